The van der Waals surface area contributed by atoms with Gasteiger partial charge in [0.1, 0.15) is 0 Å². The molecule has 2 aliphatic rings. The fraction of sp³-hybridized carbons (Fsp3) is 0.435. The third-order valence-electron chi connectivity index (χ3n) is 5.94. The molecule has 0 saturated carbocycles. The van der Waals surface area contributed by atoms with Gasteiger partial charge in [-0.2, -0.15) is 0 Å². The fourth-order valence-electron chi connectivity index (χ4n) is 4.29. The van der Waals surface area contributed by atoms with E-state index in [0.717, 1.165) is 57.8 Å². The average Bonchev–Trinajstić information content (AvgIpc) is 2.79. The molecule has 1 amide bonds. The SMILES string of the molecule is C[C@H]1CCCN(C(=O)c2ccc(N3CCNCC3)c(NS(=O)(=O)c3ccccc3)c2)C1. The Hall–Kier alpha value is -2.58. The summed E-state index contributed by atoms with van der Waals surface area (Å²) in [6, 6.07) is 13.7. The van der Waals surface area contributed by atoms with E-state index in [-0.39, 0.29) is 10.8 Å². The third-order valence-corrected chi connectivity index (χ3v) is 7.32. The van der Waals surface area contributed by atoms with Crippen molar-refractivity contribution in [2.45, 2.75) is 24.7 Å². The predicted octanol–water partition coefficient (Wildman–Crippen LogP) is 2.77. The first kappa shape index (κ1) is 21.6. The quantitative estimate of drug-likeness (QED) is 0.744. The summed E-state index contributed by atoms with van der Waals surface area (Å²) in [5.41, 5.74) is 1.75. The molecule has 0 spiro atoms. The number of hydrogen-bond donors (Lipinski definition) is 2. The molecule has 2 aromatic carbocycles. The van der Waals surface area contributed by atoms with Gasteiger partial charge in [0.15, 0.2) is 0 Å². The number of anilines is 2. The molecular weight excluding hydrogens is 412 g/mol. The van der Waals surface area contributed by atoms with Crippen LogP contribution in [0.25, 0.3) is 0 Å². The first-order valence-corrected chi connectivity index (χ1v) is 12.4. The van der Waals surface area contributed by atoms with Crippen molar-refractivity contribution in [1.82, 2.24) is 10.2 Å². The zero-order valence-electron chi connectivity index (χ0n) is 17.9. The van der Waals surface area contributed by atoms with Gasteiger partial charge in [-0.3, -0.25) is 9.52 Å². The van der Waals surface area contributed by atoms with Crippen molar-refractivity contribution in [2.24, 2.45) is 5.92 Å². The van der Waals surface area contributed by atoms with Crippen LogP contribution in [0.2, 0.25) is 0 Å². The van der Waals surface area contributed by atoms with Gasteiger partial charge < -0.3 is 15.1 Å². The van der Waals surface area contributed by atoms with E-state index >= 15 is 0 Å². The molecule has 2 N–H and O–H groups in total. The summed E-state index contributed by atoms with van der Waals surface area (Å²) in [6.07, 6.45) is 2.13. The molecule has 4 rings (SSSR count). The fourth-order valence-corrected chi connectivity index (χ4v) is 5.38. The van der Waals surface area contributed by atoms with Crippen LogP contribution < -0.4 is 14.9 Å². The number of carbonyl (C=O) groups is 1. The van der Waals surface area contributed by atoms with Crippen molar-refractivity contribution in [1.29, 1.82) is 0 Å². The van der Waals surface area contributed by atoms with Crippen LogP contribution in [0.15, 0.2) is 53.4 Å². The van der Waals surface area contributed by atoms with Crippen molar-refractivity contribution < 1.29 is 13.2 Å². The Morgan fingerprint density at radius 1 is 1.06 bits per heavy atom. The molecule has 166 valence electrons. The van der Waals surface area contributed by atoms with Crippen LogP contribution in [0, 0.1) is 5.92 Å². The molecule has 31 heavy (non-hydrogen) atoms. The summed E-state index contributed by atoms with van der Waals surface area (Å²) in [7, 11) is -3.77. The van der Waals surface area contributed by atoms with Crippen LogP contribution in [0.5, 0.6) is 0 Å². The summed E-state index contributed by atoms with van der Waals surface area (Å²) in [5, 5.41) is 3.31. The van der Waals surface area contributed by atoms with Gasteiger partial charge in [0, 0.05) is 44.8 Å². The Morgan fingerprint density at radius 3 is 2.52 bits per heavy atom. The minimum Gasteiger partial charge on any atom is -0.367 e. The third kappa shape index (κ3) is 5.02. The maximum atomic E-state index is 13.1. The number of carbonyl (C=O) groups excluding carboxylic acids is 1. The maximum absolute atomic E-state index is 13.1. The Bertz CT molecular complexity index is 1020. The lowest BCUT2D eigenvalue weighted by Gasteiger charge is -2.33. The Kier molecular flexibility index (Phi) is 6.48. The first-order valence-electron chi connectivity index (χ1n) is 10.9. The van der Waals surface area contributed by atoms with Gasteiger partial charge in [-0.05, 0) is 49.1 Å². The average molecular weight is 443 g/mol. The molecule has 1 atom stereocenters. The van der Waals surface area contributed by atoms with Crippen molar-refractivity contribution >= 4 is 27.3 Å². The van der Waals surface area contributed by atoms with E-state index in [1.807, 2.05) is 17.0 Å². The molecule has 2 saturated heterocycles. The van der Waals surface area contributed by atoms with Crippen molar-refractivity contribution in [3.05, 3.63) is 54.1 Å². The molecule has 2 aromatic rings. The number of amides is 1. The van der Waals surface area contributed by atoms with Gasteiger partial charge in [-0.25, -0.2) is 8.42 Å². The number of rotatable bonds is 5. The molecule has 0 unspecified atom stereocenters. The van der Waals surface area contributed by atoms with Crippen LogP contribution >= 0.6 is 0 Å². The van der Waals surface area contributed by atoms with E-state index in [9.17, 15) is 13.2 Å². The molecule has 2 aliphatic heterocycles. The summed E-state index contributed by atoms with van der Waals surface area (Å²) in [6.45, 7) is 6.85. The number of benzene rings is 2. The smallest absolute Gasteiger partial charge is 0.261 e. The number of likely N-dealkylation sites (tertiary alicyclic amines) is 1. The summed E-state index contributed by atoms with van der Waals surface area (Å²) >= 11 is 0. The minimum absolute atomic E-state index is 0.0430. The van der Waals surface area contributed by atoms with Gasteiger partial charge in [0.05, 0.1) is 16.3 Å². The number of nitrogens with zero attached hydrogens (tertiary/aromatic N) is 2. The lowest BCUT2D eigenvalue weighted by atomic mass is 9.99. The predicted molar refractivity (Wildman–Crippen MR) is 123 cm³/mol. The monoisotopic (exact) mass is 442 g/mol. The normalized spacial score (nSPS) is 19.8. The molecule has 2 heterocycles. The van der Waals surface area contributed by atoms with E-state index < -0.39 is 10.0 Å². The van der Waals surface area contributed by atoms with Gasteiger partial charge >= 0.3 is 0 Å². The molecule has 8 heteroatoms. The zero-order chi connectivity index (χ0) is 21.8. The zero-order valence-corrected chi connectivity index (χ0v) is 18.7. The van der Waals surface area contributed by atoms with Crippen LogP contribution in [0.1, 0.15) is 30.1 Å². The van der Waals surface area contributed by atoms with E-state index in [4.69, 9.17) is 0 Å². The number of piperidine rings is 1. The molecule has 2 fully saturated rings. The second-order valence-electron chi connectivity index (χ2n) is 8.39. The maximum Gasteiger partial charge on any atom is 0.261 e. The number of sulfonamides is 1. The van der Waals surface area contributed by atoms with Gasteiger partial charge in [0.25, 0.3) is 15.9 Å². The molecule has 0 aliphatic carbocycles. The van der Waals surface area contributed by atoms with Gasteiger partial charge in [-0.15, -0.1) is 0 Å². The first-order chi connectivity index (χ1) is 14.9. The molecule has 0 aromatic heterocycles. The largest absolute Gasteiger partial charge is 0.367 e. The number of nitrogens with one attached hydrogen (secondary N) is 2. The topological polar surface area (TPSA) is 81.8 Å². The van der Waals surface area contributed by atoms with Gasteiger partial charge in [0.2, 0.25) is 0 Å². The highest BCUT2D eigenvalue weighted by Gasteiger charge is 2.25. The number of hydrogen-bond acceptors (Lipinski definition) is 5. The van der Waals surface area contributed by atoms with E-state index in [1.165, 1.54) is 0 Å². The Labute approximate surface area is 184 Å². The Balaban J connectivity index is 1.67. The van der Waals surface area contributed by atoms with E-state index in [0.29, 0.717) is 17.2 Å². The van der Waals surface area contributed by atoms with Crippen LogP contribution in [0.3, 0.4) is 0 Å². The van der Waals surface area contributed by atoms with Crippen LogP contribution in [0.4, 0.5) is 11.4 Å². The minimum atomic E-state index is -3.77. The molecule has 7 nitrogen and oxygen atoms in total. The van der Waals surface area contributed by atoms with Crippen LogP contribution in [-0.4, -0.2) is 58.5 Å². The lowest BCUT2D eigenvalue weighted by molar-refractivity contribution is 0.0683. The van der Waals surface area contributed by atoms with E-state index in [1.54, 1.807) is 36.4 Å². The van der Waals surface area contributed by atoms with Crippen molar-refractivity contribution in [2.75, 3.05) is 48.9 Å². The van der Waals surface area contributed by atoms with Gasteiger partial charge in [-0.1, -0.05) is 25.1 Å². The highest BCUT2D eigenvalue weighted by atomic mass is 32.2. The molecule has 0 radical (unpaired) electrons. The standard InChI is InChI=1S/C23H30N4O3S/c1-18-6-5-13-27(17-18)23(28)19-9-10-22(26-14-11-24-12-15-26)21(16-19)25-31(29,30)20-7-3-2-4-8-20/h2-4,7-10,16,18,24-25H,5-6,11-15,17H2,1H3/t18-/m0/s1. The summed E-state index contributed by atoms with van der Waals surface area (Å²) < 4.78 is 28.8. The second kappa shape index (κ2) is 9.28. The second-order valence-corrected chi connectivity index (χ2v) is 10.1. The molecular formula is C23H30N4O3S. The summed E-state index contributed by atoms with van der Waals surface area (Å²) in [4.78, 5) is 17.4. The van der Waals surface area contributed by atoms with Crippen molar-refractivity contribution in [3.63, 3.8) is 0 Å². The Morgan fingerprint density at radius 2 is 1.81 bits per heavy atom. The van der Waals surface area contributed by atoms with Crippen molar-refractivity contribution in [3.8, 4) is 0 Å². The van der Waals surface area contributed by atoms with Crippen LogP contribution in [-0.2, 0) is 10.0 Å². The lowest BCUT2D eigenvalue weighted by Crippen LogP contribution is -2.44. The highest BCUT2D eigenvalue weighted by molar-refractivity contribution is 7.92. The highest BCUT2D eigenvalue weighted by Crippen LogP contribution is 2.31. The number of piperazine rings is 1. The summed E-state index contributed by atoms with van der Waals surface area (Å²) in [5.74, 6) is 0.437. The molecule has 0 bridgehead atoms. The van der Waals surface area contributed by atoms with E-state index in [2.05, 4.69) is 21.9 Å².